The van der Waals surface area contributed by atoms with Gasteiger partial charge in [0.2, 0.25) is 0 Å². The monoisotopic (exact) mass is 363 g/mol. The summed E-state index contributed by atoms with van der Waals surface area (Å²) < 4.78 is 78.2. The van der Waals surface area contributed by atoms with Gasteiger partial charge in [-0.05, 0) is 33.6 Å². The van der Waals surface area contributed by atoms with E-state index in [1.54, 1.807) is 0 Å². The molecular weight excluding hydrogens is 348 g/mol. The second-order valence-corrected chi connectivity index (χ2v) is 6.75. The molecule has 1 nitrogen and oxygen atoms in total. The van der Waals surface area contributed by atoms with E-state index in [-0.39, 0.29) is 18.9 Å². The minimum atomic E-state index is -5.01. The molecule has 0 spiro atoms. The van der Waals surface area contributed by atoms with Crippen molar-refractivity contribution in [2.24, 2.45) is 0 Å². The molecule has 0 amide bonds. The molecule has 1 saturated carbocycles. The first kappa shape index (κ1) is 21.5. The van der Waals surface area contributed by atoms with Gasteiger partial charge in [-0.2, -0.15) is 26.3 Å². The van der Waals surface area contributed by atoms with Crippen LogP contribution in [0.2, 0.25) is 0 Å². The molecule has 0 aromatic heterocycles. The molecule has 1 atom stereocenters. The summed E-state index contributed by atoms with van der Waals surface area (Å²) in [6, 6.07) is 1.73. The van der Waals surface area contributed by atoms with Crippen LogP contribution in [-0.4, -0.2) is 24.4 Å². The van der Waals surface area contributed by atoms with Crippen molar-refractivity contribution in [2.45, 2.75) is 44.5 Å². The Morgan fingerprint density at radius 2 is 1.33 bits per heavy atom. The zero-order chi connectivity index (χ0) is 17.3. The standard InChI is InChI=1S/C15H14F6OP.Li.H/c16-14(17,18)10-7-4-8-11(15(19,20)21)12(10)13(22)23-9-5-2-1-3-6-9;;/h4,7-8,23H,1-3,5-6H2;;. The fourth-order valence-electron chi connectivity index (χ4n) is 2.60. The summed E-state index contributed by atoms with van der Waals surface area (Å²) in [6.45, 7) is 0. The van der Waals surface area contributed by atoms with Crippen molar-refractivity contribution >= 4 is 33.0 Å². The van der Waals surface area contributed by atoms with E-state index in [2.05, 4.69) is 0 Å². The summed E-state index contributed by atoms with van der Waals surface area (Å²) in [5, 5.41) is 0. The first-order chi connectivity index (χ1) is 10.6. The van der Waals surface area contributed by atoms with Gasteiger partial charge < -0.3 is 0 Å². The van der Waals surface area contributed by atoms with Crippen molar-refractivity contribution in [3.8, 4) is 0 Å². The van der Waals surface area contributed by atoms with E-state index in [1.807, 2.05) is 0 Å². The Labute approximate surface area is 149 Å². The van der Waals surface area contributed by atoms with E-state index >= 15 is 0 Å². The molecule has 2 rings (SSSR count). The number of carbonyl (C=O) groups excluding carboxylic acids is 1. The van der Waals surface area contributed by atoms with E-state index in [9.17, 15) is 31.1 Å². The molecule has 1 aromatic rings. The van der Waals surface area contributed by atoms with Gasteiger partial charge in [0.1, 0.15) is 0 Å². The van der Waals surface area contributed by atoms with Crippen LogP contribution in [0.5, 0.6) is 0 Å². The molecule has 9 heteroatoms. The molecule has 0 aliphatic heterocycles. The van der Waals surface area contributed by atoms with Crippen LogP contribution in [0.1, 0.15) is 53.6 Å². The average molecular weight is 363 g/mol. The molecular formula is C15H15F6LiOP. The van der Waals surface area contributed by atoms with E-state index in [1.165, 1.54) is 0 Å². The Balaban J connectivity index is 0.00000288. The molecule has 1 fully saturated rings. The quantitative estimate of drug-likeness (QED) is 0.400. The van der Waals surface area contributed by atoms with Crippen LogP contribution in [0.15, 0.2) is 18.2 Å². The van der Waals surface area contributed by atoms with Gasteiger partial charge in [-0.15, -0.1) is 0 Å². The molecule has 0 N–H and O–H groups in total. The van der Waals surface area contributed by atoms with Crippen molar-refractivity contribution < 1.29 is 31.1 Å². The van der Waals surface area contributed by atoms with Crippen molar-refractivity contribution in [2.75, 3.05) is 0 Å². The van der Waals surface area contributed by atoms with Gasteiger partial charge >= 0.3 is 31.2 Å². The molecule has 1 aliphatic carbocycles. The van der Waals surface area contributed by atoms with Gasteiger partial charge in [-0.25, -0.2) is 0 Å². The third-order valence-corrected chi connectivity index (χ3v) is 4.98. The molecule has 1 unspecified atom stereocenters. The fourth-order valence-corrected chi connectivity index (χ4v) is 3.92. The number of halogens is 6. The molecule has 1 aliphatic rings. The maximum atomic E-state index is 13.0. The second-order valence-electron chi connectivity index (χ2n) is 5.34. The first-order valence-corrected chi connectivity index (χ1v) is 8.04. The summed E-state index contributed by atoms with van der Waals surface area (Å²) in [7, 11) is -0.639. The van der Waals surface area contributed by atoms with Crippen molar-refractivity contribution in [1.29, 1.82) is 0 Å². The van der Waals surface area contributed by atoms with Crippen LogP contribution in [0.25, 0.3) is 0 Å². The molecule has 0 bridgehead atoms. The maximum absolute atomic E-state index is 13.0. The van der Waals surface area contributed by atoms with E-state index in [4.69, 9.17) is 0 Å². The Kier molecular flexibility index (Phi) is 7.41. The van der Waals surface area contributed by atoms with Crippen LogP contribution < -0.4 is 0 Å². The van der Waals surface area contributed by atoms with Gasteiger partial charge in [-0.3, -0.25) is 4.79 Å². The van der Waals surface area contributed by atoms with Gasteiger partial charge in [0.25, 0.3) is 0 Å². The molecule has 129 valence electrons. The van der Waals surface area contributed by atoms with Crippen molar-refractivity contribution in [1.82, 2.24) is 0 Å². The van der Waals surface area contributed by atoms with E-state index in [0.29, 0.717) is 31.0 Å². The number of rotatable bonds is 3. The van der Waals surface area contributed by atoms with Crippen molar-refractivity contribution in [3.63, 3.8) is 0 Å². The molecule has 0 saturated heterocycles. The fraction of sp³-hybridized carbons (Fsp3) is 0.467. The van der Waals surface area contributed by atoms with Gasteiger partial charge in [0.05, 0.1) is 11.1 Å². The zero-order valence-corrected chi connectivity index (χ0v) is 12.9. The first-order valence-electron chi connectivity index (χ1n) is 7.04. The number of benzene rings is 1. The SMILES string of the molecule is O=C(P[C]1CCCCC1)c1c(C(F)(F)F)cccc1C(F)(F)F.[LiH]. The summed E-state index contributed by atoms with van der Waals surface area (Å²) in [5.74, 6) is 0. The van der Waals surface area contributed by atoms with Crippen LogP contribution in [0, 0.1) is 5.66 Å². The predicted octanol–water partition coefficient (Wildman–Crippen LogP) is 5.39. The molecule has 1 radical (unpaired) electrons. The molecule has 1 aromatic carbocycles. The summed E-state index contributed by atoms with van der Waals surface area (Å²) in [4.78, 5) is 12.2. The Hall–Kier alpha value is -0.503. The van der Waals surface area contributed by atoms with Crippen LogP contribution >= 0.6 is 8.58 Å². The van der Waals surface area contributed by atoms with Gasteiger partial charge in [0, 0.05) is 11.2 Å². The van der Waals surface area contributed by atoms with Crippen LogP contribution in [0.3, 0.4) is 0 Å². The molecule has 0 heterocycles. The summed E-state index contributed by atoms with van der Waals surface area (Å²) >= 11 is 0. The van der Waals surface area contributed by atoms with Crippen LogP contribution in [-0.2, 0) is 12.4 Å². The Bertz CT molecular complexity index is 546. The summed E-state index contributed by atoms with van der Waals surface area (Å²) in [6.07, 6.45) is -6.21. The van der Waals surface area contributed by atoms with Gasteiger partial charge in [0.15, 0.2) is 5.52 Å². The third kappa shape index (κ3) is 5.24. The van der Waals surface area contributed by atoms with E-state index in [0.717, 1.165) is 24.9 Å². The predicted molar refractivity (Wildman–Crippen MR) is 82.6 cm³/mol. The van der Waals surface area contributed by atoms with Gasteiger partial charge in [-0.1, -0.05) is 25.3 Å². The second kappa shape index (κ2) is 8.25. The number of alkyl halides is 6. The summed E-state index contributed by atoms with van der Waals surface area (Å²) in [5.41, 5.74) is -4.60. The topological polar surface area (TPSA) is 17.1 Å². The number of carbonyl (C=O) groups is 1. The zero-order valence-electron chi connectivity index (χ0n) is 11.9. The van der Waals surface area contributed by atoms with Crippen molar-refractivity contribution in [3.05, 3.63) is 40.5 Å². The molecule has 24 heavy (non-hydrogen) atoms. The third-order valence-electron chi connectivity index (χ3n) is 3.65. The van der Waals surface area contributed by atoms with Crippen LogP contribution in [0.4, 0.5) is 26.3 Å². The Morgan fingerprint density at radius 1 is 0.875 bits per heavy atom. The Morgan fingerprint density at radius 3 is 1.75 bits per heavy atom. The normalized spacial score (nSPS) is 17.1. The average Bonchev–Trinajstić information content (AvgIpc) is 2.45. The van der Waals surface area contributed by atoms with E-state index < -0.39 is 43.1 Å². The number of hydrogen-bond donors (Lipinski definition) is 0. The minimum absolute atomic E-state index is 0. The number of hydrogen-bond acceptors (Lipinski definition) is 1.